The Balaban J connectivity index is 1.76. The first kappa shape index (κ1) is 17.8. The molecule has 3 aromatic rings. The molecule has 0 aliphatic carbocycles. The van der Waals surface area contributed by atoms with Crippen LogP contribution in [0, 0.1) is 17.1 Å². The molecule has 0 spiro atoms. The van der Waals surface area contributed by atoms with Gasteiger partial charge in [0, 0.05) is 42.1 Å². The fourth-order valence-corrected chi connectivity index (χ4v) is 4.27. The van der Waals surface area contributed by atoms with Crippen LogP contribution in [0.5, 0.6) is 0 Å². The molecule has 0 radical (unpaired) electrons. The van der Waals surface area contributed by atoms with E-state index in [1.807, 2.05) is 12.1 Å². The Bertz CT molecular complexity index is 994. The monoisotopic (exact) mass is 379 g/mol. The van der Waals surface area contributed by atoms with Gasteiger partial charge in [-0.25, -0.2) is 9.37 Å². The van der Waals surface area contributed by atoms with E-state index in [2.05, 4.69) is 18.0 Å². The number of likely N-dealkylation sites (N-methyl/N-ethyl adjacent to an activating group) is 1. The van der Waals surface area contributed by atoms with Crippen LogP contribution in [-0.4, -0.2) is 23.5 Å². The third kappa shape index (κ3) is 3.61. The Morgan fingerprint density at radius 2 is 2.11 bits per heavy atom. The van der Waals surface area contributed by atoms with Crippen molar-refractivity contribution < 1.29 is 8.81 Å². The highest BCUT2D eigenvalue weighted by molar-refractivity contribution is 7.98. The van der Waals surface area contributed by atoms with E-state index in [-0.39, 0.29) is 5.82 Å². The van der Waals surface area contributed by atoms with Crippen molar-refractivity contribution >= 4 is 11.8 Å². The molecule has 3 heterocycles. The zero-order valence-corrected chi connectivity index (χ0v) is 15.7. The third-order valence-electron chi connectivity index (χ3n) is 4.68. The van der Waals surface area contributed by atoms with Crippen LogP contribution >= 0.6 is 11.8 Å². The Morgan fingerprint density at radius 1 is 1.30 bits per heavy atom. The summed E-state index contributed by atoms with van der Waals surface area (Å²) in [5.41, 5.74) is 4.48. The van der Waals surface area contributed by atoms with Crippen molar-refractivity contribution in [3.05, 3.63) is 70.9 Å². The number of nitrogens with zero attached hydrogens (tertiary/aromatic N) is 3. The number of rotatable bonds is 4. The Kier molecular flexibility index (Phi) is 4.97. The number of thioether (sulfide) groups is 1. The zero-order chi connectivity index (χ0) is 18.8. The normalized spacial score (nSPS) is 14.0. The zero-order valence-electron chi connectivity index (χ0n) is 14.9. The van der Waals surface area contributed by atoms with Gasteiger partial charge < -0.3 is 9.32 Å². The highest BCUT2D eigenvalue weighted by atomic mass is 32.2. The minimum absolute atomic E-state index is 0.252. The Morgan fingerprint density at radius 3 is 2.81 bits per heavy atom. The van der Waals surface area contributed by atoms with E-state index >= 15 is 0 Å². The lowest BCUT2D eigenvalue weighted by Gasteiger charge is -2.27. The molecule has 0 N–H and O–H groups in total. The van der Waals surface area contributed by atoms with E-state index in [1.54, 1.807) is 18.4 Å². The summed E-state index contributed by atoms with van der Waals surface area (Å²) in [6.07, 6.45) is 2.47. The van der Waals surface area contributed by atoms with Crippen LogP contribution in [0.3, 0.4) is 0 Å². The molecule has 1 aromatic carbocycles. The minimum atomic E-state index is -0.252. The van der Waals surface area contributed by atoms with Crippen molar-refractivity contribution in [2.24, 2.45) is 0 Å². The quantitative estimate of drug-likeness (QED) is 0.619. The molecule has 136 valence electrons. The number of hydrogen-bond donors (Lipinski definition) is 0. The number of aromatic nitrogens is 1. The molecule has 27 heavy (non-hydrogen) atoms. The summed E-state index contributed by atoms with van der Waals surface area (Å²) >= 11 is 1.50. The lowest BCUT2D eigenvalue weighted by Crippen LogP contribution is -2.28. The number of pyridine rings is 1. The predicted octanol–water partition coefficient (Wildman–Crippen LogP) is 4.63. The molecule has 0 unspecified atom stereocenters. The van der Waals surface area contributed by atoms with E-state index in [1.165, 1.54) is 23.9 Å². The van der Waals surface area contributed by atoms with Crippen LogP contribution < -0.4 is 0 Å². The van der Waals surface area contributed by atoms with Crippen LogP contribution in [-0.2, 0) is 18.7 Å². The predicted molar refractivity (Wildman–Crippen MR) is 103 cm³/mol. The maximum atomic E-state index is 13.1. The smallest absolute Gasteiger partial charge is 0.135 e. The number of benzene rings is 1. The van der Waals surface area contributed by atoms with E-state index in [0.29, 0.717) is 22.1 Å². The second-order valence-corrected chi connectivity index (χ2v) is 7.55. The molecule has 0 atom stereocenters. The summed E-state index contributed by atoms with van der Waals surface area (Å²) in [4.78, 5) is 7.04. The minimum Gasteiger partial charge on any atom is -0.464 e. The van der Waals surface area contributed by atoms with Crippen molar-refractivity contribution in [3.63, 3.8) is 0 Å². The van der Waals surface area contributed by atoms with Gasteiger partial charge in [0.15, 0.2) is 0 Å². The van der Waals surface area contributed by atoms with Gasteiger partial charge in [0.25, 0.3) is 0 Å². The van der Waals surface area contributed by atoms with Crippen LogP contribution in [0.2, 0.25) is 0 Å². The van der Waals surface area contributed by atoms with Gasteiger partial charge in [0.1, 0.15) is 22.7 Å². The van der Waals surface area contributed by atoms with E-state index in [0.717, 1.165) is 41.9 Å². The van der Waals surface area contributed by atoms with Gasteiger partial charge in [-0.2, -0.15) is 5.26 Å². The first-order valence-corrected chi connectivity index (χ1v) is 9.70. The standard InChI is InChI=1S/C21H18FN3OS/c1-25-9-8-18-17(12-25)20(19-3-2-10-26-19)16(11-23)21(24-18)27-13-14-4-6-15(22)7-5-14/h2-7,10H,8-9,12-13H2,1H3. The van der Waals surface area contributed by atoms with Gasteiger partial charge in [-0.05, 0) is 36.9 Å². The van der Waals surface area contributed by atoms with E-state index in [9.17, 15) is 9.65 Å². The second kappa shape index (κ2) is 7.55. The molecule has 4 nitrogen and oxygen atoms in total. The highest BCUT2D eigenvalue weighted by Crippen LogP contribution is 2.38. The first-order valence-electron chi connectivity index (χ1n) is 8.71. The number of furan rings is 1. The lowest BCUT2D eigenvalue weighted by molar-refractivity contribution is 0.309. The Hall–Kier alpha value is -2.62. The Labute approximate surface area is 161 Å². The van der Waals surface area contributed by atoms with Crippen molar-refractivity contribution in [2.75, 3.05) is 13.6 Å². The molecule has 0 saturated carbocycles. The topological polar surface area (TPSA) is 53.1 Å². The van der Waals surface area contributed by atoms with Gasteiger partial charge in [0.05, 0.1) is 11.8 Å². The summed E-state index contributed by atoms with van der Waals surface area (Å²) in [6.45, 7) is 1.68. The summed E-state index contributed by atoms with van der Waals surface area (Å²) < 4.78 is 18.8. The summed E-state index contributed by atoms with van der Waals surface area (Å²) in [5.74, 6) is 1.07. The third-order valence-corrected chi connectivity index (χ3v) is 5.72. The fraction of sp³-hybridized carbons (Fsp3) is 0.238. The maximum absolute atomic E-state index is 13.1. The molecule has 1 aliphatic rings. The molecule has 1 aliphatic heterocycles. The second-order valence-electron chi connectivity index (χ2n) is 6.58. The summed E-state index contributed by atoms with van der Waals surface area (Å²) in [7, 11) is 2.07. The fourth-order valence-electron chi connectivity index (χ4n) is 3.30. The van der Waals surface area contributed by atoms with Crippen LogP contribution in [0.4, 0.5) is 4.39 Å². The van der Waals surface area contributed by atoms with E-state index in [4.69, 9.17) is 9.40 Å². The van der Waals surface area contributed by atoms with Crippen molar-refractivity contribution in [3.8, 4) is 17.4 Å². The average Bonchev–Trinajstić information content (AvgIpc) is 3.20. The van der Waals surface area contributed by atoms with Crippen LogP contribution in [0.25, 0.3) is 11.3 Å². The number of fused-ring (bicyclic) bond motifs is 1. The molecule has 2 aromatic heterocycles. The van der Waals surface area contributed by atoms with Crippen molar-refractivity contribution in [2.45, 2.75) is 23.7 Å². The molecule has 4 rings (SSSR count). The molecule has 0 fully saturated rings. The summed E-state index contributed by atoms with van der Waals surface area (Å²) in [5, 5.41) is 10.6. The van der Waals surface area contributed by atoms with Gasteiger partial charge >= 0.3 is 0 Å². The highest BCUT2D eigenvalue weighted by Gasteiger charge is 2.26. The maximum Gasteiger partial charge on any atom is 0.135 e. The molecular formula is C21H18FN3OS. The van der Waals surface area contributed by atoms with E-state index < -0.39 is 0 Å². The van der Waals surface area contributed by atoms with Gasteiger partial charge in [0.2, 0.25) is 0 Å². The first-order chi connectivity index (χ1) is 13.2. The van der Waals surface area contributed by atoms with Gasteiger partial charge in [-0.1, -0.05) is 12.1 Å². The molecule has 0 bridgehead atoms. The number of nitriles is 1. The molecule has 6 heteroatoms. The van der Waals surface area contributed by atoms with Gasteiger partial charge in [-0.15, -0.1) is 11.8 Å². The van der Waals surface area contributed by atoms with Crippen molar-refractivity contribution in [1.82, 2.24) is 9.88 Å². The van der Waals surface area contributed by atoms with Crippen LogP contribution in [0.1, 0.15) is 22.4 Å². The number of halogens is 1. The lowest BCUT2D eigenvalue weighted by atomic mass is 9.95. The SMILES string of the molecule is CN1CCc2nc(SCc3ccc(F)cc3)c(C#N)c(-c3ccco3)c2C1. The number of hydrogen-bond acceptors (Lipinski definition) is 5. The molecule has 0 saturated heterocycles. The largest absolute Gasteiger partial charge is 0.464 e. The summed E-state index contributed by atoms with van der Waals surface area (Å²) in [6, 6.07) is 12.5. The van der Waals surface area contributed by atoms with Crippen molar-refractivity contribution in [1.29, 1.82) is 5.26 Å². The average molecular weight is 379 g/mol. The molecule has 0 amide bonds. The molecular weight excluding hydrogens is 361 g/mol. The van der Waals surface area contributed by atoms with Crippen LogP contribution in [0.15, 0.2) is 52.1 Å². The van der Waals surface area contributed by atoms with Gasteiger partial charge in [-0.3, -0.25) is 0 Å².